The summed E-state index contributed by atoms with van der Waals surface area (Å²) in [7, 11) is -2.88. The van der Waals surface area contributed by atoms with E-state index in [1.807, 2.05) is 24.3 Å². The van der Waals surface area contributed by atoms with Gasteiger partial charge in [-0.15, -0.1) is 0 Å². The number of hydrogen-bond acceptors (Lipinski definition) is 7. The van der Waals surface area contributed by atoms with Crippen molar-refractivity contribution in [3.8, 4) is 11.1 Å². The van der Waals surface area contributed by atoms with Crippen LogP contribution >= 0.6 is 15.9 Å². The van der Waals surface area contributed by atoms with Gasteiger partial charge in [0.25, 0.3) is 0 Å². The van der Waals surface area contributed by atoms with Gasteiger partial charge in [0, 0.05) is 29.3 Å². The van der Waals surface area contributed by atoms with Crippen LogP contribution in [0.2, 0.25) is 0 Å². The van der Waals surface area contributed by atoms with Crippen LogP contribution in [0, 0.1) is 11.8 Å². The fourth-order valence-corrected chi connectivity index (χ4v) is 8.86. The molecule has 2 heterocycles. The van der Waals surface area contributed by atoms with E-state index in [0.717, 1.165) is 47.3 Å². The van der Waals surface area contributed by atoms with Gasteiger partial charge in [0.05, 0.1) is 9.79 Å². The highest BCUT2D eigenvalue weighted by Gasteiger charge is 2.20. The fourth-order valence-electron chi connectivity index (χ4n) is 6.65. The number of aromatic nitrogens is 2. The third-order valence-corrected chi connectivity index (χ3v) is 13.1. The maximum absolute atomic E-state index is 12.2. The van der Waals surface area contributed by atoms with Gasteiger partial charge in [-0.05, 0) is 110 Å². The van der Waals surface area contributed by atoms with Crippen molar-refractivity contribution in [3.63, 3.8) is 0 Å². The van der Waals surface area contributed by atoms with Gasteiger partial charge >= 0.3 is 7.48 Å². The minimum absolute atomic E-state index is 0. The lowest BCUT2D eigenvalue weighted by Gasteiger charge is -2.23. The summed E-state index contributed by atoms with van der Waals surface area (Å²) < 4.78 is 53.4. The highest BCUT2D eigenvalue weighted by molar-refractivity contribution is 9.10. The molecule has 2 aliphatic carbocycles. The van der Waals surface area contributed by atoms with Crippen LogP contribution in [0.15, 0.2) is 99.7 Å². The minimum atomic E-state index is -3.44. The minimum Gasteiger partial charge on any atom is -0.450 e. The molecule has 4 aromatic rings. The van der Waals surface area contributed by atoms with Crippen molar-refractivity contribution >= 4 is 48.9 Å². The van der Waals surface area contributed by atoms with E-state index < -0.39 is 20.0 Å². The van der Waals surface area contributed by atoms with Gasteiger partial charge in [-0.25, -0.2) is 26.3 Å². The molecule has 0 aliphatic heterocycles. The highest BCUT2D eigenvalue weighted by Crippen LogP contribution is 2.33. The first-order chi connectivity index (χ1) is 24.6. The van der Waals surface area contributed by atoms with Gasteiger partial charge in [-0.1, -0.05) is 97.7 Å². The molecule has 1 radical (unpaired) electrons. The first kappa shape index (κ1) is 43.4. The number of benzene rings is 2. The molecule has 0 bridgehead atoms. The summed E-state index contributed by atoms with van der Waals surface area (Å²) in [5.41, 5.74) is 5.23. The molecule has 5 N–H and O–H groups in total. The molecule has 2 aromatic carbocycles. The molecule has 52 heavy (non-hydrogen) atoms. The maximum Gasteiger partial charge on any atom is 0.326 e. The predicted molar refractivity (Wildman–Crippen MR) is 212 cm³/mol. The summed E-state index contributed by atoms with van der Waals surface area (Å²) >= 11 is 3.50. The Bertz CT molecular complexity index is 1880. The third kappa shape index (κ3) is 13.2. The molecule has 2 aromatic heterocycles. The lowest BCUT2D eigenvalue weighted by atomic mass is 9.83. The van der Waals surface area contributed by atoms with E-state index in [1.165, 1.54) is 89.4 Å². The Kier molecular flexibility index (Phi) is 18.1. The van der Waals surface area contributed by atoms with Crippen molar-refractivity contribution < 1.29 is 27.3 Å². The summed E-state index contributed by atoms with van der Waals surface area (Å²) in [6.07, 6.45) is 21.9. The van der Waals surface area contributed by atoms with Gasteiger partial charge in [0.1, 0.15) is 0 Å². The number of hydrogen-bond donors (Lipinski definition) is 3. The molecule has 10 nitrogen and oxygen atoms in total. The van der Waals surface area contributed by atoms with E-state index in [9.17, 15) is 16.8 Å². The zero-order chi connectivity index (χ0) is 36.7. The largest absolute Gasteiger partial charge is 0.450 e. The van der Waals surface area contributed by atoms with Gasteiger partial charge in [0.15, 0.2) is 0 Å². The number of nitrogens with zero attached hydrogens (tertiary/aromatic N) is 2. The monoisotopic (exact) mass is 813 g/mol. The van der Waals surface area contributed by atoms with Gasteiger partial charge < -0.3 is 10.5 Å². The third-order valence-electron chi connectivity index (χ3n) is 9.58. The topological polar surface area (TPSA) is 170 Å². The second-order valence-electron chi connectivity index (χ2n) is 13.0. The van der Waals surface area contributed by atoms with Crippen LogP contribution in [-0.4, -0.2) is 58.9 Å². The molecule has 2 fully saturated rings. The standard InChI is InChI=1S/C19H24N2O2S.C14H20BrNO2S.C5H5BNO.H2O/c1-20-24(22,23)18-8-7-17(13-15-5-3-2-4-6-15)19(14-18)16-9-11-21-12-10-16;1-16-19(17,18)13-8-7-12(14(15)10-13)9-11-5-3-2-4-6-11;8-6-5-1-3-7-4-2-5;/h7-12,14-15,20H,2-6,13H2,1H3;7-8,10-11,16H,2-6,9H2,1H3;1-4,8H;1H2. The van der Waals surface area contributed by atoms with Crippen LogP contribution < -0.4 is 14.9 Å². The smallest absolute Gasteiger partial charge is 0.326 e. The number of nitrogens with one attached hydrogen (secondary N) is 2. The van der Waals surface area contributed by atoms with Gasteiger partial charge in [-0.2, -0.15) is 0 Å². The first-order valence-corrected chi connectivity index (χ1v) is 21.4. The average molecular weight is 815 g/mol. The molecule has 0 amide bonds. The predicted octanol–water partition coefficient (Wildman–Crippen LogP) is 5.75. The summed E-state index contributed by atoms with van der Waals surface area (Å²) in [5, 5.41) is 8.38. The number of sulfonamides is 2. The van der Waals surface area contributed by atoms with E-state index >= 15 is 0 Å². The Hall–Kier alpha value is -2.98. The van der Waals surface area contributed by atoms with Crippen molar-refractivity contribution in [2.45, 2.75) is 86.8 Å². The van der Waals surface area contributed by atoms with Crippen LogP contribution in [-0.2, 0) is 32.9 Å². The molecule has 0 unspecified atom stereocenters. The normalized spacial score (nSPS) is 15.2. The van der Waals surface area contributed by atoms with Crippen LogP contribution in [0.5, 0.6) is 0 Å². The summed E-state index contributed by atoms with van der Waals surface area (Å²) in [6, 6.07) is 18.1. The Labute approximate surface area is 319 Å². The van der Waals surface area contributed by atoms with Crippen LogP contribution in [0.25, 0.3) is 11.1 Å². The summed E-state index contributed by atoms with van der Waals surface area (Å²) in [6.45, 7) is 0. The Balaban J connectivity index is 0.000000232. The van der Waals surface area contributed by atoms with E-state index in [-0.39, 0.29) is 5.48 Å². The quantitative estimate of drug-likeness (QED) is 0.171. The molecular formula is C38H51BBrN4O6S2. The molecule has 6 rings (SSSR count). The van der Waals surface area contributed by atoms with Crippen molar-refractivity contribution in [1.82, 2.24) is 19.4 Å². The summed E-state index contributed by atoms with van der Waals surface area (Å²) in [5.74, 6) is 1.45. The van der Waals surface area contributed by atoms with Crippen molar-refractivity contribution in [1.29, 1.82) is 0 Å². The lowest BCUT2D eigenvalue weighted by molar-refractivity contribution is 0.356. The van der Waals surface area contributed by atoms with Crippen molar-refractivity contribution in [2.75, 3.05) is 14.1 Å². The van der Waals surface area contributed by atoms with Gasteiger partial charge in [0.2, 0.25) is 20.0 Å². The van der Waals surface area contributed by atoms with E-state index in [0.29, 0.717) is 15.7 Å². The maximum atomic E-state index is 12.2. The number of rotatable bonds is 10. The average Bonchev–Trinajstić information content (AvgIpc) is 3.17. The van der Waals surface area contributed by atoms with Crippen LogP contribution in [0.4, 0.5) is 0 Å². The second kappa shape index (κ2) is 21.7. The molecular weight excluding hydrogens is 763 g/mol. The van der Waals surface area contributed by atoms with Crippen LogP contribution in [0.3, 0.4) is 0 Å². The van der Waals surface area contributed by atoms with E-state index in [4.69, 9.17) is 5.02 Å². The van der Waals surface area contributed by atoms with E-state index in [1.54, 1.807) is 61.2 Å². The Morgan fingerprint density at radius 3 is 1.56 bits per heavy atom. The number of pyridine rings is 2. The molecule has 14 heteroatoms. The summed E-state index contributed by atoms with van der Waals surface area (Å²) in [4.78, 5) is 8.46. The highest BCUT2D eigenvalue weighted by atomic mass is 79.9. The first-order valence-electron chi connectivity index (χ1n) is 17.6. The lowest BCUT2D eigenvalue weighted by Crippen LogP contribution is -2.19. The van der Waals surface area contributed by atoms with Gasteiger partial charge in [-0.3, -0.25) is 9.97 Å². The molecule has 2 saturated carbocycles. The fraction of sp³-hybridized carbons (Fsp3) is 0.421. The zero-order valence-corrected chi connectivity index (χ0v) is 33.2. The molecule has 0 spiro atoms. The van der Waals surface area contributed by atoms with Crippen molar-refractivity contribution in [3.05, 3.63) is 101 Å². The Morgan fingerprint density at radius 1 is 0.673 bits per heavy atom. The SMILES string of the molecule is CNS(=O)(=O)c1ccc(CC2CCCCC2)c(-c2ccncc2)c1.CNS(=O)(=O)c1ccc(CC2CCCCC2)c(Br)c1.O.O[B]c1ccncc1. The molecule has 0 saturated heterocycles. The van der Waals surface area contributed by atoms with Crippen molar-refractivity contribution in [2.24, 2.45) is 11.8 Å². The second-order valence-corrected chi connectivity index (χ2v) is 17.7. The van der Waals surface area contributed by atoms with Crippen LogP contribution in [0.1, 0.15) is 75.3 Å². The zero-order valence-electron chi connectivity index (χ0n) is 30.0. The molecule has 0 atom stereocenters. The van der Waals surface area contributed by atoms with E-state index in [2.05, 4.69) is 35.3 Å². The Morgan fingerprint density at radius 2 is 1.12 bits per heavy atom. The number of halogens is 1. The molecule has 2 aliphatic rings. The molecule has 281 valence electrons.